The van der Waals surface area contributed by atoms with Gasteiger partial charge in [-0.3, -0.25) is 9.59 Å². The number of aryl methyl sites for hydroxylation is 2. The number of hydrazone groups is 1. The van der Waals surface area contributed by atoms with E-state index in [4.69, 9.17) is 11.6 Å². The van der Waals surface area contributed by atoms with Crippen LogP contribution in [0.25, 0.3) is 5.69 Å². The number of hydrogen-bond acceptors (Lipinski definition) is 3. The summed E-state index contributed by atoms with van der Waals surface area (Å²) in [5.41, 5.74) is 7.00. The predicted molar refractivity (Wildman–Crippen MR) is 104 cm³/mol. The Balaban J connectivity index is 2.18. The lowest BCUT2D eigenvalue weighted by Gasteiger charge is -2.11. The molecule has 0 saturated heterocycles. The van der Waals surface area contributed by atoms with Gasteiger partial charge in [-0.05, 0) is 58.4 Å². The van der Waals surface area contributed by atoms with Crippen LogP contribution < -0.4 is 10.7 Å². The molecule has 2 aromatic rings. The summed E-state index contributed by atoms with van der Waals surface area (Å²) in [6, 6.07) is 7.72. The van der Waals surface area contributed by atoms with Crippen molar-refractivity contribution in [3.63, 3.8) is 0 Å². The quantitative estimate of drug-likeness (QED) is 0.490. The largest absolute Gasteiger partial charge is 0.346 e. The van der Waals surface area contributed by atoms with Crippen LogP contribution in [0, 0.1) is 20.8 Å². The third-order valence-corrected chi connectivity index (χ3v) is 4.29. The summed E-state index contributed by atoms with van der Waals surface area (Å²) in [5, 5.41) is 7.09. The monoisotopic (exact) mass is 374 g/mol. The standard InChI is InChI=1S/C19H23ClN4O2/c1-11(2)22-18(25)19(26)23-21-10-15-8-13(4)24(14(15)5)16-7-6-12(3)17(20)9-16/h6-11H,1-5H3,(H,22,25)(H,23,26)/b21-10-. The molecule has 0 radical (unpaired) electrons. The number of aromatic nitrogens is 1. The van der Waals surface area contributed by atoms with E-state index in [-0.39, 0.29) is 6.04 Å². The average molecular weight is 375 g/mol. The molecule has 26 heavy (non-hydrogen) atoms. The Morgan fingerprint density at radius 1 is 1.15 bits per heavy atom. The van der Waals surface area contributed by atoms with Crippen LogP contribution in [0.3, 0.4) is 0 Å². The van der Waals surface area contributed by atoms with Crippen molar-refractivity contribution in [2.75, 3.05) is 0 Å². The van der Waals surface area contributed by atoms with Gasteiger partial charge in [0.15, 0.2) is 0 Å². The Bertz CT molecular complexity index is 869. The first kappa shape index (κ1) is 19.7. The number of hydrogen-bond donors (Lipinski definition) is 2. The zero-order chi connectivity index (χ0) is 19.4. The molecule has 7 heteroatoms. The van der Waals surface area contributed by atoms with Crippen molar-refractivity contribution in [2.45, 2.75) is 40.7 Å². The lowest BCUT2D eigenvalue weighted by molar-refractivity contribution is -0.139. The van der Waals surface area contributed by atoms with E-state index in [1.807, 2.05) is 45.0 Å². The van der Waals surface area contributed by atoms with Crippen molar-refractivity contribution in [1.29, 1.82) is 0 Å². The summed E-state index contributed by atoms with van der Waals surface area (Å²) < 4.78 is 2.06. The van der Waals surface area contributed by atoms with E-state index >= 15 is 0 Å². The number of nitrogens with one attached hydrogen (secondary N) is 2. The van der Waals surface area contributed by atoms with Gasteiger partial charge in [-0.15, -0.1) is 0 Å². The Hall–Kier alpha value is -2.60. The van der Waals surface area contributed by atoms with Crippen LogP contribution in [0.1, 0.15) is 36.4 Å². The van der Waals surface area contributed by atoms with Crippen LogP contribution >= 0.6 is 11.6 Å². The highest BCUT2D eigenvalue weighted by molar-refractivity contribution is 6.35. The number of carbonyl (C=O) groups excluding carboxylic acids is 2. The van der Waals surface area contributed by atoms with Crippen molar-refractivity contribution in [3.8, 4) is 5.69 Å². The Labute approximate surface area is 158 Å². The van der Waals surface area contributed by atoms with Crippen LogP contribution in [0.2, 0.25) is 5.02 Å². The van der Waals surface area contributed by atoms with Gasteiger partial charge in [-0.1, -0.05) is 17.7 Å². The molecule has 0 fully saturated rings. The molecule has 2 rings (SSSR count). The van der Waals surface area contributed by atoms with E-state index in [0.29, 0.717) is 5.02 Å². The van der Waals surface area contributed by atoms with Gasteiger partial charge in [-0.2, -0.15) is 5.10 Å². The number of benzene rings is 1. The number of carbonyl (C=O) groups is 2. The van der Waals surface area contributed by atoms with Gasteiger partial charge < -0.3 is 9.88 Å². The molecule has 138 valence electrons. The Morgan fingerprint density at radius 3 is 2.46 bits per heavy atom. The van der Waals surface area contributed by atoms with Gasteiger partial charge in [-0.25, -0.2) is 5.43 Å². The molecule has 2 amide bonds. The third kappa shape index (κ3) is 4.52. The van der Waals surface area contributed by atoms with Crippen molar-refractivity contribution in [2.24, 2.45) is 5.10 Å². The summed E-state index contributed by atoms with van der Waals surface area (Å²) in [4.78, 5) is 23.2. The fourth-order valence-electron chi connectivity index (χ4n) is 2.58. The van der Waals surface area contributed by atoms with Crippen LogP contribution in [0.4, 0.5) is 0 Å². The molecule has 0 aliphatic rings. The highest BCUT2D eigenvalue weighted by atomic mass is 35.5. The SMILES string of the molecule is Cc1ccc(-n2c(C)cc(/C=N\NC(=O)C(=O)NC(C)C)c2C)cc1Cl. The molecule has 0 bridgehead atoms. The van der Waals surface area contributed by atoms with Crippen LogP contribution in [0.5, 0.6) is 0 Å². The Morgan fingerprint density at radius 2 is 1.85 bits per heavy atom. The van der Waals surface area contributed by atoms with E-state index in [1.165, 1.54) is 6.21 Å². The summed E-state index contributed by atoms with van der Waals surface area (Å²) in [5.74, 6) is -1.51. The smallest absolute Gasteiger partial charge is 0.329 e. The minimum atomic E-state index is -0.797. The number of amides is 2. The molecule has 1 heterocycles. The fourth-order valence-corrected chi connectivity index (χ4v) is 2.75. The molecular formula is C19H23ClN4O2. The third-order valence-electron chi connectivity index (χ3n) is 3.88. The molecule has 1 aromatic carbocycles. The van der Waals surface area contributed by atoms with Gasteiger partial charge >= 0.3 is 11.8 Å². The zero-order valence-corrected chi connectivity index (χ0v) is 16.3. The predicted octanol–water partition coefficient (Wildman–Crippen LogP) is 3.03. The summed E-state index contributed by atoms with van der Waals surface area (Å²) in [6.45, 7) is 9.45. The van der Waals surface area contributed by atoms with E-state index < -0.39 is 11.8 Å². The van der Waals surface area contributed by atoms with Gasteiger partial charge in [0.25, 0.3) is 0 Å². The second kappa shape index (κ2) is 8.19. The molecular weight excluding hydrogens is 352 g/mol. The lowest BCUT2D eigenvalue weighted by Crippen LogP contribution is -2.41. The molecule has 0 atom stereocenters. The number of halogens is 1. The minimum Gasteiger partial charge on any atom is -0.346 e. The second-order valence-electron chi connectivity index (χ2n) is 6.42. The maximum atomic E-state index is 11.7. The normalized spacial score (nSPS) is 11.2. The maximum Gasteiger partial charge on any atom is 0.329 e. The van der Waals surface area contributed by atoms with Gasteiger partial charge in [0.2, 0.25) is 0 Å². The number of rotatable bonds is 4. The highest BCUT2D eigenvalue weighted by Gasteiger charge is 2.14. The maximum absolute atomic E-state index is 11.7. The van der Waals surface area contributed by atoms with Crippen LogP contribution in [-0.4, -0.2) is 28.6 Å². The summed E-state index contributed by atoms with van der Waals surface area (Å²) in [6.07, 6.45) is 1.52. The minimum absolute atomic E-state index is 0.113. The van der Waals surface area contributed by atoms with Gasteiger partial charge in [0.05, 0.1) is 6.21 Å². The summed E-state index contributed by atoms with van der Waals surface area (Å²) >= 11 is 6.23. The zero-order valence-electron chi connectivity index (χ0n) is 15.6. The van der Waals surface area contributed by atoms with Crippen molar-refractivity contribution >= 4 is 29.6 Å². The van der Waals surface area contributed by atoms with E-state index in [9.17, 15) is 9.59 Å². The van der Waals surface area contributed by atoms with Crippen molar-refractivity contribution < 1.29 is 9.59 Å². The molecule has 0 unspecified atom stereocenters. The molecule has 1 aromatic heterocycles. The van der Waals surface area contributed by atoms with Gasteiger partial charge in [0, 0.05) is 33.7 Å². The highest BCUT2D eigenvalue weighted by Crippen LogP contribution is 2.24. The molecule has 2 N–H and O–H groups in total. The fraction of sp³-hybridized carbons (Fsp3) is 0.316. The molecule has 0 spiro atoms. The van der Waals surface area contributed by atoms with E-state index in [0.717, 1.165) is 28.2 Å². The summed E-state index contributed by atoms with van der Waals surface area (Å²) in [7, 11) is 0. The molecule has 6 nitrogen and oxygen atoms in total. The molecule has 0 saturated carbocycles. The number of nitrogens with zero attached hydrogens (tertiary/aromatic N) is 2. The molecule has 0 aliphatic heterocycles. The van der Waals surface area contributed by atoms with Crippen molar-refractivity contribution in [3.05, 3.63) is 51.8 Å². The first-order valence-electron chi connectivity index (χ1n) is 8.30. The van der Waals surface area contributed by atoms with E-state index in [1.54, 1.807) is 13.8 Å². The van der Waals surface area contributed by atoms with Crippen LogP contribution in [0.15, 0.2) is 29.4 Å². The Kier molecular flexibility index (Phi) is 6.21. The average Bonchev–Trinajstić information content (AvgIpc) is 2.83. The van der Waals surface area contributed by atoms with E-state index in [2.05, 4.69) is 20.4 Å². The van der Waals surface area contributed by atoms with Crippen molar-refractivity contribution in [1.82, 2.24) is 15.3 Å². The topological polar surface area (TPSA) is 75.5 Å². The first-order valence-corrected chi connectivity index (χ1v) is 8.68. The first-order chi connectivity index (χ1) is 12.2. The lowest BCUT2D eigenvalue weighted by atomic mass is 10.2. The second-order valence-corrected chi connectivity index (χ2v) is 6.83. The molecule has 0 aliphatic carbocycles. The van der Waals surface area contributed by atoms with Crippen LogP contribution in [-0.2, 0) is 9.59 Å². The van der Waals surface area contributed by atoms with Gasteiger partial charge in [0.1, 0.15) is 0 Å².